The summed E-state index contributed by atoms with van der Waals surface area (Å²) in [6.45, 7) is 3.67. The van der Waals surface area contributed by atoms with Crippen LogP contribution in [0.4, 0.5) is 10.5 Å². The zero-order valence-corrected chi connectivity index (χ0v) is 20.2. The monoisotopic (exact) mass is 493 g/mol. The number of fused-ring (bicyclic) bond motifs is 1. The molecule has 10 heteroatoms. The maximum atomic E-state index is 12.9. The van der Waals surface area contributed by atoms with Gasteiger partial charge in [-0.1, -0.05) is 24.3 Å². The van der Waals surface area contributed by atoms with Gasteiger partial charge in [-0.05, 0) is 48.7 Å². The summed E-state index contributed by atoms with van der Waals surface area (Å²) in [5, 5.41) is 15.5. The van der Waals surface area contributed by atoms with Gasteiger partial charge >= 0.3 is 12.0 Å². The number of hydrogen-bond acceptors (Lipinski definition) is 7. The van der Waals surface area contributed by atoms with E-state index in [-0.39, 0.29) is 31.3 Å². The first-order valence-electron chi connectivity index (χ1n) is 11.4. The normalized spacial score (nSPS) is 12.6. The molecule has 0 fully saturated rings. The lowest BCUT2D eigenvalue weighted by Crippen LogP contribution is -2.36. The molecule has 3 aromatic rings. The van der Waals surface area contributed by atoms with Gasteiger partial charge in [0, 0.05) is 18.8 Å². The highest BCUT2D eigenvalue weighted by Gasteiger charge is 2.22. The number of nitrogens with one attached hydrogen (secondary N) is 2. The van der Waals surface area contributed by atoms with E-state index in [1.165, 1.54) is 17.8 Å². The van der Waals surface area contributed by atoms with Gasteiger partial charge in [-0.3, -0.25) is 9.59 Å². The van der Waals surface area contributed by atoms with Crippen LogP contribution in [-0.4, -0.2) is 35.1 Å². The second-order valence-electron chi connectivity index (χ2n) is 8.31. The second kappa shape index (κ2) is 10.4. The molecular formula is C26H27N3O7. The summed E-state index contributed by atoms with van der Waals surface area (Å²) >= 11 is 0. The minimum absolute atomic E-state index is 0.135. The summed E-state index contributed by atoms with van der Waals surface area (Å²) in [5.74, 6) is 0.489. The third-order valence-electron chi connectivity index (χ3n) is 5.75. The van der Waals surface area contributed by atoms with Crippen molar-refractivity contribution in [3.63, 3.8) is 0 Å². The van der Waals surface area contributed by atoms with E-state index < -0.39 is 23.6 Å². The lowest BCUT2D eigenvalue weighted by molar-refractivity contribution is -0.143. The van der Waals surface area contributed by atoms with Crippen LogP contribution in [0.5, 0.6) is 17.2 Å². The molecule has 2 heterocycles. The standard InChI is InChI=1S/C26H27N3O7/c1-4-34-22(30)12-19(27-26(33)28-23-24(31)15(2)13-29(3)25(23)32)18-7-5-6-16(10-18)17-8-9-20-21(11-17)36-14-35-20/h5-11,13,19,31H,4,12,14H2,1-3H3,(H2,27,28,33)/t19-/m0/s1. The number of anilines is 1. The maximum Gasteiger partial charge on any atom is 0.319 e. The number of benzene rings is 2. The van der Waals surface area contributed by atoms with Gasteiger partial charge in [0.15, 0.2) is 17.2 Å². The van der Waals surface area contributed by atoms with E-state index in [0.717, 1.165) is 11.1 Å². The number of amides is 2. The van der Waals surface area contributed by atoms with Crippen molar-refractivity contribution in [1.29, 1.82) is 0 Å². The topological polar surface area (TPSA) is 128 Å². The van der Waals surface area contributed by atoms with E-state index in [2.05, 4.69) is 10.6 Å². The van der Waals surface area contributed by atoms with Crippen LogP contribution in [0.1, 0.15) is 30.5 Å². The Bertz CT molecular complexity index is 1370. The summed E-state index contributed by atoms with van der Waals surface area (Å²) in [7, 11) is 1.52. The molecule has 0 unspecified atom stereocenters. The highest BCUT2D eigenvalue weighted by Crippen LogP contribution is 2.36. The van der Waals surface area contributed by atoms with Crippen molar-refractivity contribution < 1.29 is 28.9 Å². The number of urea groups is 1. The molecule has 1 aromatic heterocycles. The molecule has 0 radical (unpaired) electrons. The lowest BCUT2D eigenvalue weighted by atomic mass is 9.97. The van der Waals surface area contributed by atoms with Crippen LogP contribution in [-0.2, 0) is 16.6 Å². The molecule has 188 valence electrons. The van der Waals surface area contributed by atoms with Crippen LogP contribution in [0.15, 0.2) is 53.5 Å². The highest BCUT2D eigenvalue weighted by molar-refractivity contribution is 5.91. The Morgan fingerprint density at radius 2 is 1.89 bits per heavy atom. The number of carbonyl (C=O) groups excluding carboxylic acids is 2. The summed E-state index contributed by atoms with van der Waals surface area (Å²) < 4.78 is 17.2. The van der Waals surface area contributed by atoms with E-state index in [1.807, 2.05) is 36.4 Å². The average molecular weight is 494 g/mol. The SMILES string of the molecule is CCOC(=O)C[C@H](NC(=O)Nc1c(O)c(C)cn(C)c1=O)c1cccc(-c2ccc3c(c2)OCO3)c1. The zero-order chi connectivity index (χ0) is 25.8. The van der Waals surface area contributed by atoms with Crippen molar-refractivity contribution in [3.8, 4) is 28.4 Å². The number of esters is 1. The third-order valence-corrected chi connectivity index (χ3v) is 5.75. The molecule has 3 N–H and O–H groups in total. The quantitative estimate of drug-likeness (QED) is 0.429. The highest BCUT2D eigenvalue weighted by atomic mass is 16.7. The van der Waals surface area contributed by atoms with Crippen LogP contribution in [0.25, 0.3) is 11.1 Å². The van der Waals surface area contributed by atoms with E-state index in [9.17, 15) is 19.5 Å². The minimum Gasteiger partial charge on any atom is -0.505 e. The molecule has 1 atom stereocenters. The van der Waals surface area contributed by atoms with Crippen LogP contribution >= 0.6 is 0 Å². The fraction of sp³-hybridized carbons (Fsp3) is 0.269. The van der Waals surface area contributed by atoms with Crippen molar-refractivity contribution in [2.45, 2.75) is 26.3 Å². The number of hydrogen-bond donors (Lipinski definition) is 3. The van der Waals surface area contributed by atoms with Gasteiger partial charge in [0.1, 0.15) is 5.75 Å². The molecule has 0 spiro atoms. The number of carbonyl (C=O) groups is 2. The van der Waals surface area contributed by atoms with Crippen molar-refractivity contribution >= 4 is 17.7 Å². The van der Waals surface area contributed by atoms with Crippen LogP contribution < -0.4 is 25.7 Å². The minimum atomic E-state index is -0.770. The predicted molar refractivity (Wildman–Crippen MR) is 132 cm³/mol. The number of nitrogens with zero attached hydrogens (tertiary/aromatic N) is 1. The summed E-state index contributed by atoms with van der Waals surface area (Å²) in [6.07, 6.45) is 1.33. The molecule has 4 rings (SSSR count). The maximum absolute atomic E-state index is 12.9. The molecule has 36 heavy (non-hydrogen) atoms. The first-order valence-corrected chi connectivity index (χ1v) is 11.4. The van der Waals surface area contributed by atoms with E-state index >= 15 is 0 Å². The van der Waals surface area contributed by atoms with Crippen molar-refractivity contribution in [1.82, 2.24) is 9.88 Å². The molecule has 0 bridgehead atoms. The summed E-state index contributed by atoms with van der Waals surface area (Å²) in [4.78, 5) is 37.7. The van der Waals surface area contributed by atoms with Gasteiger partial charge in [-0.15, -0.1) is 0 Å². The van der Waals surface area contributed by atoms with Gasteiger partial charge < -0.3 is 34.5 Å². The lowest BCUT2D eigenvalue weighted by Gasteiger charge is -2.20. The summed E-state index contributed by atoms with van der Waals surface area (Å²) in [6, 6.07) is 11.4. The molecule has 1 aliphatic heterocycles. The van der Waals surface area contributed by atoms with Gasteiger partial charge in [0.25, 0.3) is 5.56 Å². The predicted octanol–water partition coefficient (Wildman–Crippen LogP) is 3.61. The Hall–Kier alpha value is -4.47. The summed E-state index contributed by atoms with van der Waals surface area (Å²) in [5.41, 5.74) is 1.96. The van der Waals surface area contributed by atoms with E-state index in [4.69, 9.17) is 14.2 Å². The molecule has 0 saturated carbocycles. The van der Waals surface area contributed by atoms with Gasteiger partial charge in [-0.2, -0.15) is 0 Å². The number of pyridine rings is 1. The van der Waals surface area contributed by atoms with Crippen LogP contribution in [0.3, 0.4) is 0 Å². The fourth-order valence-electron chi connectivity index (χ4n) is 3.96. The Kier molecular flexibility index (Phi) is 7.14. The Balaban J connectivity index is 1.61. The first kappa shape index (κ1) is 24.6. The largest absolute Gasteiger partial charge is 0.505 e. The van der Waals surface area contributed by atoms with Gasteiger partial charge in [0.05, 0.1) is 19.1 Å². The second-order valence-corrected chi connectivity index (χ2v) is 8.31. The van der Waals surface area contributed by atoms with Gasteiger partial charge in [0.2, 0.25) is 6.79 Å². The van der Waals surface area contributed by atoms with Crippen molar-refractivity contribution in [2.75, 3.05) is 18.7 Å². The molecule has 0 saturated heterocycles. The average Bonchev–Trinajstić information content (AvgIpc) is 3.33. The van der Waals surface area contributed by atoms with Gasteiger partial charge in [-0.25, -0.2) is 4.79 Å². The number of ether oxygens (including phenoxy) is 3. The number of aromatic nitrogens is 1. The Labute approximate surface area is 207 Å². The molecule has 0 aliphatic carbocycles. The first-order chi connectivity index (χ1) is 17.3. The molecule has 2 amide bonds. The number of aromatic hydroxyl groups is 1. The van der Waals surface area contributed by atoms with Crippen LogP contribution in [0.2, 0.25) is 0 Å². The molecule has 1 aliphatic rings. The number of aryl methyl sites for hydroxylation is 2. The third kappa shape index (κ3) is 5.27. The molecular weight excluding hydrogens is 466 g/mol. The number of rotatable bonds is 7. The fourth-order valence-corrected chi connectivity index (χ4v) is 3.96. The zero-order valence-electron chi connectivity index (χ0n) is 20.2. The van der Waals surface area contributed by atoms with Crippen molar-refractivity contribution in [3.05, 3.63) is 70.1 Å². The molecule has 10 nitrogen and oxygen atoms in total. The Morgan fingerprint density at radius 3 is 2.67 bits per heavy atom. The van der Waals surface area contributed by atoms with E-state index in [0.29, 0.717) is 22.6 Å². The smallest absolute Gasteiger partial charge is 0.319 e. The van der Waals surface area contributed by atoms with E-state index in [1.54, 1.807) is 19.9 Å². The Morgan fingerprint density at radius 1 is 1.14 bits per heavy atom. The molecule has 2 aromatic carbocycles. The van der Waals surface area contributed by atoms with Crippen LogP contribution in [0, 0.1) is 6.92 Å². The van der Waals surface area contributed by atoms with Crippen molar-refractivity contribution in [2.24, 2.45) is 7.05 Å².